The zero-order valence-electron chi connectivity index (χ0n) is 16.6. The molecule has 0 fully saturated rings. The number of carbonyl (C=O) groups excluding carboxylic acids is 2. The number of carbonyl (C=O) groups is 2. The minimum Gasteiger partial charge on any atom is -0.497 e. The number of fused-ring (bicyclic) bond motifs is 3. The van der Waals surface area contributed by atoms with Gasteiger partial charge < -0.3 is 14.4 Å². The molecule has 1 aliphatic rings. The number of hydrogen-bond acceptors (Lipinski definition) is 4. The molecular formula is C24H23NO4. The first kappa shape index (κ1) is 19.0. The molecule has 0 aromatic heterocycles. The van der Waals surface area contributed by atoms with Crippen LogP contribution in [-0.2, 0) is 27.3 Å². The minimum absolute atomic E-state index is 0.0116. The fourth-order valence-corrected chi connectivity index (χ4v) is 4.06. The number of amides is 1. The van der Waals surface area contributed by atoms with Gasteiger partial charge >= 0.3 is 5.97 Å². The van der Waals surface area contributed by atoms with Crippen molar-refractivity contribution < 1.29 is 19.1 Å². The summed E-state index contributed by atoms with van der Waals surface area (Å²) in [5.41, 5.74) is 3.01. The van der Waals surface area contributed by atoms with Crippen molar-refractivity contribution in [3.8, 4) is 5.75 Å². The molecule has 148 valence electrons. The first-order valence-corrected chi connectivity index (χ1v) is 9.60. The zero-order chi connectivity index (χ0) is 20.4. The molecule has 0 aliphatic carbocycles. The quantitative estimate of drug-likeness (QED) is 0.618. The lowest BCUT2D eigenvalue weighted by Crippen LogP contribution is -2.41. The molecule has 5 nitrogen and oxygen atoms in total. The van der Waals surface area contributed by atoms with E-state index in [9.17, 15) is 9.59 Å². The standard InChI is InChI=1S/C24H23NO4/c1-28-19-11-7-16(8-12-19)15-25-21(14-23(27)29-2)24-18(13-22(25)26)10-9-17-5-3-4-6-20(17)24/h3-12,21H,13-15H2,1-2H3. The second-order valence-corrected chi connectivity index (χ2v) is 7.20. The Morgan fingerprint density at radius 3 is 2.52 bits per heavy atom. The molecule has 1 amide bonds. The number of methoxy groups -OCH3 is 2. The lowest BCUT2D eigenvalue weighted by atomic mass is 9.86. The fraction of sp³-hybridized carbons (Fsp3) is 0.250. The number of hydrogen-bond donors (Lipinski definition) is 0. The molecule has 4 rings (SSSR count). The summed E-state index contributed by atoms with van der Waals surface area (Å²) in [7, 11) is 3.00. The van der Waals surface area contributed by atoms with Crippen LogP contribution in [0.25, 0.3) is 10.8 Å². The third-order valence-electron chi connectivity index (χ3n) is 5.53. The molecule has 0 bridgehead atoms. The average molecular weight is 389 g/mol. The average Bonchev–Trinajstić information content (AvgIpc) is 2.76. The molecular weight excluding hydrogens is 366 g/mol. The summed E-state index contributed by atoms with van der Waals surface area (Å²) in [5, 5.41) is 2.17. The summed E-state index contributed by atoms with van der Waals surface area (Å²) in [5.74, 6) is 0.446. The summed E-state index contributed by atoms with van der Waals surface area (Å²) in [6, 6.07) is 19.4. The summed E-state index contributed by atoms with van der Waals surface area (Å²) in [6.45, 7) is 0.424. The number of benzene rings is 3. The molecule has 1 heterocycles. The molecule has 0 N–H and O–H groups in total. The lowest BCUT2D eigenvalue weighted by molar-refractivity contribution is -0.144. The maximum absolute atomic E-state index is 13.0. The van der Waals surface area contributed by atoms with E-state index in [1.807, 2.05) is 48.5 Å². The van der Waals surface area contributed by atoms with Crippen LogP contribution in [0.3, 0.4) is 0 Å². The summed E-state index contributed by atoms with van der Waals surface area (Å²) in [6.07, 6.45) is 0.452. The van der Waals surface area contributed by atoms with Crippen LogP contribution in [0.5, 0.6) is 5.75 Å². The van der Waals surface area contributed by atoms with E-state index >= 15 is 0 Å². The monoisotopic (exact) mass is 389 g/mol. The van der Waals surface area contributed by atoms with Gasteiger partial charge in [0, 0.05) is 6.54 Å². The molecule has 5 heteroatoms. The SMILES string of the molecule is COC(=O)CC1c2c(ccc3ccccc23)CC(=O)N1Cc1ccc(OC)cc1. The zero-order valence-corrected chi connectivity index (χ0v) is 16.6. The van der Waals surface area contributed by atoms with E-state index in [1.165, 1.54) is 7.11 Å². The second kappa shape index (κ2) is 7.95. The highest BCUT2D eigenvalue weighted by molar-refractivity contribution is 5.92. The van der Waals surface area contributed by atoms with Crippen molar-refractivity contribution in [3.63, 3.8) is 0 Å². The molecule has 0 saturated heterocycles. The van der Waals surface area contributed by atoms with Gasteiger partial charge in [0.1, 0.15) is 5.75 Å². The Hall–Kier alpha value is -3.34. The normalized spacial score (nSPS) is 15.9. The van der Waals surface area contributed by atoms with E-state index in [4.69, 9.17) is 9.47 Å². The highest BCUT2D eigenvalue weighted by atomic mass is 16.5. The van der Waals surface area contributed by atoms with Crippen molar-refractivity contribution >= 4 is 22.6 Å². The first-order chi connectivity index (χ1) is 14.1. The maximum atomic E-state index is 13.0. The van der Waals surface area contributed by atoms with Gasteiger partial charge in [0.15, 0.2) is 0 Å². The number of esters is 1. The van der Waals surface area contributed by atoms with Gasteiger partial charge in [-0.25, -0.2) is 0 Å². The number of nitrogens with zero attached hydrogens (tertiary/aromatic N) is 1. The number of rotatable bonds is 5. The smallest absolute Gasteiger partial charge is 0.307 e. The van der Waals surface area contributed by atoms with Crippen LogP contribution in [0, 0.1) is 0 Å². The Morgan fingerprint density at radius 1 is 1.03 bits per heavy atom. The Kier molecular flexibility index (Phi) is 5.21. The van der Waals surface area contributed by atoms with E-state index in [1.54, 1.807) is 12.0 Å². The predicted molar refractivity (Wildman–Crippen MR) is 111 cm³/mol. The van der Waals surface area contributed by atoms with Gasteiger partial charge in [-0.1, -0.05) is 48.5 Å². The largest absolute Gasteiger partial charge is 0.497 e. The second-order valence-electron chi connectivity index (χ2n) is 7.20. The van der Waals surface area contributed by atoms with Crippen molar-refractivity contribution in [2.24, 2.45) is 0 Å². The van der Waals surface area contributed by atoms with Crippen LogP contribution in [0.2, 0.25) is 0 Å². The summed E-state index contributed by atoms with van der Waals surface area (Å²) >= 11 is 0. The van der Waals surface area contributed by atoms with Crippen molar-refractivity contribution in [1.29, 1.82) is 0 Å². The van der Waals surface area contributed by atoms with Gasteiger partial charge in [0.2, 0.25) is 5.91 Å². The van der Waals surface area contributed by atoms with E-state index in [2.05, 4.69) is 12.1 Å². The minimum atomic E-state index is -0.369. The third kappa shape index (κ3) is 3.68. The molecule has 1 unspecified atom stereocenters. The van der Waals surface area contributed by atoms with Gasteiger partial charge in [-0.15, -0.1) is 0 Å². The Balaban J connectivity index is 1.78. The topological polar surface area (TPSA) is 55.8 Å². The Bertz CT molecular complexity index is 1060. The molecule has 29 heavy (non-hydrogen) atoms. The Morgan fingerprint density at radius 2 is 1.79 bits per heavy atom. The van der Waals surface area contributed by atoms with Gasteiger partial charge in [-0.2, -0.15) is 0 Å². The maximum Gasteiger partial charge on any atom is 0.307 e. The fourth-order valence-electron chi connectivity index (χ4n) is 4.06. The van der Waals surface area contributed by atoms with Gasteiger partial charge in [-0.3, -0.25) is 9.59 Å². The third-order valence-corrected chi connectivity index (χ3v) is 5.53. The van der Waals surface area contributed by atoms with E-state index < -0.39 is 0 Å². The van der Waals surface area contributed by atoms with Gasteiger partial charge in [0.05, 0.1) is 33.1 Å². The molecule has 0 saturated carbocycles. The lowest BCUT2D eigenvalue weighted by Gasteiger charge is -2.37. The number of ether oxygens (including phenoxy) is 2. The molecule has 1 atom stereocenters. The molecule has 0 radical (unpaired) electrons. The molecule has 1 aliphatic heterocycles. The van der Waals surface area contributed by atoms with Crippen molar-refractivity contribution in [2.45, 2.75) is 25.4 Å². The van der Waals surface area contributed by atoms with Gasteiger partial charge in [-0.05, 0) is 39.6 Å². The van der Waals surface area contributed by atoms with E-state index in [0.29, 0.717) is 13.0 Å². The van der Waals surface area contributed by atoms with Crippen molar-refractivity contribution in [3.05, 3.63) is 77.4 Å². The van der Waals surface area contributed by atoms with E-state index in [-0.39, 0.29) is 24.3 Å². The molecule has 3 aromatic rings. The summed E-state index contributed by atoms with van der Waals surface area (Å²) < 4.78 is 10.2. The van der Waals surface area contributed by atoms with E-state index in [0.717, 1.165) is 33.2 Å². The van der Waals surface area contributed by atoms with Crippen LogP contribution in [0.4, 0.5) is 0 Å². The highest BCUT2D eigenvalue weighted by Gasteiger charge is 2.35. The van der Waals surface area contributed by atoms with Gasteiger partial charge in [0.25, 0.3) is 0 Å². The van der Waals surface area contributed by atoms with Crippen LogP contribution in [-0.4, -0.2) is 31.0 Å². The van der Waals surface area contributed by atoms with Crippen LogP contribution < -0.4 is 4.74 Å². The predicted octanol–water partition coefficient (Wildman–Crippen LogP) is 4.04. The Labute approximate surface area is 169 Å². The summed E-state index contributed by atoms with van der Waals surface area (Å²) in [4.78, 5) is 27.1. The molecule has 0 spiro atoms. The van der Waals surface area contributed by atoms with Crippen LogP contribution in [0.1, 0.15) is 29.2 Å². The first-order valence-electron chi connectivity index (χ1n) is 9.60. The molecule has 3 aromatic carbocycles. The van der Waals surface area contributed by atoms with Crippen LogP contribution >= 0.6 is 0 Å². The van der Waals surface area contributed by atoms with Crippen molar-refractivity contribution in [1.82, 2.24) is 4.90 Å². The highest BCUT2D eigenvalue weighted by Crippen LogP contribution is 2.39. The van der Waals surface area contributed by atoms with Crippen LogP contribution in [0.15, 0.2) is 60.7 Å². The van der Waals surface area contributed by atoms with Crippen molar-refractivity contribution in [2.75, 3.05) is 14.2 Å².